The van der Waals surface area contributed by atoms with E-state index in [2.05, 4.69) is 5.32 Å². The molecule has 1 aliphatic heterocycles. The topological polar surface area (TPSA) is 67.9 Å². The van der Waals surface area contributed by atoms with Gasteiger partial charge in [-0.25, -0.2) is 0 Å². The first-order valence-electron chi connectivity index (χ1n) is 9.31. The van der Waals surface area contributed by atoms with E-state index in [-0.39, 0.29) is 28.8 Å². The number of anilines is 1. The summed E-state index contributed by atoms with van der Waals surface area (Å²) in [5.74, 6) is 0.320. The molecule has 158 valence electrons. The molecular formula is C22H22Cl2N2O4. The maximum absolute atomic E-state index is 13.2. The Hall–Kier alpha value is -2.70. The maximum atomic E-state index is 13.2. The van der Waals surface area contributed by atoms with Crippen LogP contribution < -0.4 is 14.8 Å². The van der Waals surface area contributed by atoms with Crippen LogP contribution in [0.15, 0.2) is 42.1 Å². The number of rotatable bonds is 7. The standard InChI is InChI=1S/C22H22Cl2N2O4/c1-12(2)11-26-21(27)19(15-7-5-13(23)9-16(15)24)20(22(26)28)25-17-10-14(29-3)6-8-18(17)30-4/h5-10,12,25H,11H2,1-4H3. The highest BCUT2D eigenvalue weighted by molar-refractivity contribution is 6.41. The number of halogens is 2. The normalized spacial score (nSPS) is 14.0. The van der Waals surface area contributed by atoms with E-state index in [1.807, 2.05) is 13.8 Å². The first kappa shape index (κ1) is 22.0. The molecule has 0 atom stereocenters. The van der Waals surface area contributed by atoms with E-state index in [1.54, 1.807) is 37.4 Å². The Kier molecular flexibility index (Phi) is 6.58. The van der Waals surface area contributed by atoms with Crippen molar-refractivity contribution in [1.82, 2.24) is 4.90 Å². The van der Waals surface area contributed by atoms with Gasteiger partial charge in [-0.15, -0.1) is 0 Å². The van der Waals surface area contributed by atoms with Crippen molar-refractivity contribution >= 4 is 46.3 Å². The molecule has 2 aromatic rings. The molecule has 0 spiro atoms. The molecule has 0 saturated carbocycles. The van der Waals surface area contributed by atoms with Crippen molar-refractivity contribution < 1.29 is 19.1 Å². The van der Waals surface area contributed by atoms with Gasteiger partial charge in [0.2, 0.25) is 0 Å². The Morgan fingerprint density at radius 1 is 1.00 bits per heavy atom. The van der Waals surface area contributed by atoms with Gasteiger partial charge in [0.15, 0.2) is 0 Å². The average Bonchev–Trinajstić information content (AvgIpc) is 2.92. The zero-order valence-electron chi connectivity index (χ0n) is 17.1. The highest BCUT2D eigenvalue weighted by Gasteiger charge is 2.40. The largest absolute Gasteiger partial charge is 0.497 e. The molecule has 3 rings (SSSR count). The average molecular weight is 449 g/mol. The third-order valence-electron chi connectivity index (χ3n) is 4.58. The molecule has 1 aliphatic rings. The summed E-state index contributed by atoms with van der Waals surface area (Å²) in [5.41, 5.74) is 1.22. The lowest BCUT2D eigenvalue weighted by Crippen LogP contribution is -2.35. The Balaban J connectivity index is 2.16. The van der Waals surface area contributed by atoms with Crippen molar-refractivity contribution in [2.75, 3.05) is 26.1 Å². The quantitative estimate of drug-likeness (QED) is 0.612. The summed E-state index contributed by atoms with van der Waals surface area (Å²) in [6.45, 7) is 4.16. The van der Waals surface area contributed by atoms with Crippen LogP contribution in [0.3, 0.4) is 0 Å². The van der Waals surface area contributed by atoms with Gasteiger partial charge in [0.25, 0.3) is 11.8 Å². The molecule has 0 radical (unpaired) electrons. The summed E-state index contributed by atoms with van der Waals surface area (Å²) in [7, 11) is 3.06. The number of carbonyl (C=O) groups is 2. The predicted molar refractivity (Wildman–Crippen MR) is 118 cm³/mol. The number of hydrogen-bond donors (Lipinski definition) is 1. The van der Waals surface area contributed by atoms with E-state index >= 15 is 0 Å². The van der Waals surface area contributed by atoms with Crippen LogP contribution in [-0.2, 0) is 9.59 Å². The Labute approximate surface area is 185 Å². The van der Waals surface area contributed by atoms with Gasteiger partial charge >= 0.3 is 0 Å². The third-order valence-corrected chi connectivity index (χ3v) is 5.13. The molecule has 2 amide bonds. The number of nitrogens with one attached hydrogen (secondary N) is 1. The zero-order valence-corrected chi connectivity index (χ0v) is 18.6. The van der Waals surface area contributed by atoms with Gasteiger partial charge in [0, 0.05) is 23.2 Å². The van der Waals surface area contributed by atoms with Gasteiger partial charge in [0.1, 0.15) is 17.2 Å². The third kappa shape index (κ3) is 4.25. The minimum atomic E-state index is -0.431. The van der Waals surface area contributed by atoms with Crippen LogP contribution >= 0.6 is 23.2 Å². The summed E-state index contributed by atoms with van der Waals surface area (Å²) < 4.78 is 10.7. The monoisotopic (exact) mass is 448 g/mol. The minimum Gasteiger partial charge on any atom is -0.497 e. The first-order chi connectivity index (χ1) is 14.3. The number of amides is 2. The Bertz CT molecular complexity index is 1030. The first-order valence-corrected chi connectivity index (χ1v) is 10.1. The van der Waals surface area contributed by atoms with E-state index in [4.69, 9.17) is 32.7 Å². The van der Waals surface area contributed by atoms with E-state index in [0.717, 1.165) is 0 Å². The lowest BCUT2D eigenvalue weighted by molar-refractivity contribution is -0.137. The predicted octanol–water partition coefficient (Wildman–Crippen LogP) is 4.86. The second-order valence-electron chi connectivity index (χ2n) is 7.18. The lowest BCUT2D eigenvalue weighted by Gasteiger charge is -2.18. The van der Waals surface area contributed by atoms with Crippen molar-refractivity contribution in [2.24, 2.45) is 5.92 Å². The fourth-order valence-corrected chi connectivity index (χ4v) is 3.71. The van der Waals surface area contributed by atoms with Crippen molar-refractivity contribution in [1.29, 1.82) is 0 Å². The number of methoxy groups -OCH3 is 2. The summed E-state index contributed by atoms with van der Waals surface area (Å²) in [4.78, 5) is 27.7. The molecule has 0 aromatic heterocycles. The minimum absolute atomic E-state index is 0.102. The van der Waals surface area contributed by atoms with Crippen molar-refractivity contribution in [2.45, 2.75) is 13.8 Å². The van der Waals surface area contributed by atoms with Crippen LogP contribution in [0.2, 0.25) is 10.0 Å². The highest BCUT2D eigenvalue weighted by Crippen LogP contribution is 2.38. The molecule has 2 aromatic carbocycles. The summed E-state index contributed by atoms with van der Waals surface area (Å²) in [6.07, 6.45) is 0. The molecule has 8 heteroatoms. The highest BCUT2D eigenvalue weighted by atomic mass is 35.5. The number of ether oxygens (including phenoxy) is 2. The van der Waals surface area contributed by atoms with E-state index in [9.17, 15) is 9.59 Å². The van der Waals surface area contributed by atoms with Crippen LogP contribution in [-0.4, -0.2) is 37.5 Å². The molecule has 6 nitrogen and oxygen atoms in total. The van der Waals surface area contributed by atoms with E-state index in [1.165, 1.54) is 18.1 Å². The molecule has 0 aliphatic carbocycles. The number of carbonyl (C=O) groups excluding carboxylic acids is 2. The number of benzene rings is 2. The number of imide groups is 1. The van der Waals surface area contributed by atoms with Crippen LogP contribution in [0.25, 0.3) is 5.57 Å². The van der Waals surface area contributed by atoms with Crippen LogP contribution in [0, 0.1) is 5.92 Å². The van der Waals surface area contributed by atoms with Crippen LogP contribution in [0.5, 0.6) is 11.5 Å². The zero-order chi connectivity index (χ0) is 22.0. The van der Waals surface area contributed by atoms with Crippen LogP contribution in [0.4, 0.5) is 5.69 Å². The maximum Gasteiger partial charge on any atom is 0.278 e. The van der Waals surface area contributed by atoms with Gasteiger partial charge < -0.3 is 14.8 Å². The molecule has 0 unspecified atom stereocenters. The Morgan fingerprint density at radius 3 is 2.33 bits per heavy atom. The van der Waals surface area contributed by atoms with E-state index in [0.29, 0.717) is 27.8 Å². The smallest absolute Gasteiger partial charge is 0.278 e. The van der Waals surface area contributed by atoms with Gasteiger partial charge in [-0.05, 0) is 30.2 Å². The van der Waals surface area contributed by atoms with Gasteiger partial charge in [-0.3, -0.25) is 14.5 Å². The van der Waals surface area contributed by atoms with Gasteiger partial charge in [-0.1, -0.05) is 43.1 Å². The fourth-order valence-electron chi connectivity index (χ4n) is 3.21. The molecule has 30 heavy (non-hydrogen) atoms. The van der Waals surface area contributed by atoms with Crippen molar-refractivity contribution in [3.8, 4) is 11.5 Å². The molecular weight excluding hydrogens is 427 g/mol. The van der Waals surface area contributed by atoms with Gasteiger partial charge in [0.05, 0.1) is 30.5 Å². The SMILES string of the molecule is COc1ccc(OC)c(NC2=C(c3ccc(Cl)cc3Cl)C(=O)N(CC(C)C)C2=O)c1. The summed E-state index contributed by atoms with van der Waals surface area (Å²) in [5, 5.41) is 3.79. The second kappa shape index (κ2) is 8.98. The lowest BCUT2D eigenvalue weighted by atomic mass is 10.0. The number of nitrogens with zero attached hydrogens (tertiary/aromatic N) is 1. The summed E-state index contributed by atoms with van der Waals surface area (Å²) >= 11 is 12.4. The van der Waals surface area contributed by atoms with Crippen molar-refractivity contribution in [3.05, 3.63) is 57.7 Å². The molecule has 0 fully saturated rings. The molecule has 1 N–H and O–H groups in total. The summed E-state index contributed by atoms with van der Waals surface area (Å²) in [6, 6.07) is 9.94. The van der Waals surface area contributed by atoms with Crippen molar-refractivity contribution in [3.63, 3.8) is 0 Å². The molecule has 0 bridgehead atoms. The Morgan fingerprint density at radius 2 is 1.73 bits per heavy atom. The molecule has 1 heterocycles. The molecule has 0 saturated heterocycles. The van der Waals surface area contributed by atoms with E-state index < -0.39 is 11.8 Å². The van der Waals surface area contributed by atoms with Gasteiger partial charge in [-0.2, -0.15) is 0 Å². The fraction of sp³-hybridized carbons (Fsp3) is 0.273. The number of hydrogen-bond acceptors (Lipinski definition) is 5. The second-order valence-corrected chi connectivity index (χ2v) is 8.02. The van der Waals surface area contributed by atoms with Crippen LogP contribution in [0.1, 0.15) is 19.4 Å².